The number of ether oxygens (including phenoxy) is 2. The van der Waals surface area contributed by atoms with E-state index in [1.807, 2.05) is 0 Å². The van der Waals surface area contributed by atoms with Gasteiger partial charge in [-0.2, -0.15) is 8.78 Å². The van der Waals surface area contributed by atoms with Crippen LogP contribution < -0.4 is 4.65 Å². The number of alkyl halides is 2. The zero-order valence-corrected chi connectivity index (χ0v) is 16.3. The smallest absolute Gasteiger partial charge is 0.526 e. The SMILES string of the molecule is CCCC(=O)OCOC(=O)c1cccc2c1OB(O)[C@@H](CC(=O)C(F)(F)CC)C2. The van der Waals surface area contributed by atoms with Crippen molar-refractivity contribution in [2.24, 2.45) is 0 Å². The average Bonchev–Trinajstić information content (AvgIpc) is 2.68. The van der Waals surface area contributed by atoms with Crippen molar-refractivity contribution in [3.05, 3.63) is 29.3 Å². The van der Waals surface area contributed by atoms with E-state index in [-0.39, 0.29) is 24.2 Å². The minimum Gasteiger partial charge on any atom is -0.535 e. The molecular formula is C19H23BF2O7. The molecule has 0 aliphatic carbocycles. The molecule has 1 aliphatic heterocycles. The van der Waals surface area contributed by atoms with E-state index >= 15 is 0 Å². The average molecular weight is 412 g/mol. The summed E-state index contributed by atoms with van der Waals surface area (Å²) in [6.07, 6.45) is -0.299. The number of halogens is 2. The lowest BCUT2D eigenvalue weighted by Crippen LogP contribution is -2.38. The van der Waals surface area contributed by atoms with Crippen molar-refractivity contribution in [2.75, 3.05) is 6.79 Å². The van der Waals surface area contributed by atoms with Gasteiger partial charge in [0.2, 0.25) is 12.6 Å². The highest BCUT2D eigenvalue weighted by Crippen LogP contribution is 2.38. The van der Waals surface area contributed by atoms with Crippen molar-refractivity contribution in [1.82, 2.24) is 0 Å². The van der Waals surface area contributed by atoms with Crippen LogP contribution in [-0.2, 0) is 25.5 Å². The zero-order valence-electron chi connectivity index (χ0n) is 16.3. The molecule has 0 unspecified atom stereocenters. The van der Waals surface area contributed by atoms with Gasteiger partial charge in [0.1, 0.15) is 11.3 Å². The van der Waals surface area contributed by atoms with Crippen molar-refractivity contribution < 1.29 is 42.3 Å². The van der Waals surface area contributed by atoms with E-state index in [0.717, 1.165) is 0 Å². The van der Waals surface area contributed by atoms with Gasteiger partial charge in [0.05, 0.1) is 0 Å². The summed E-state index contributed by atoms with van der Waals surface area (Å²) in [5.74, 6) is -6.87. The quantitative estimate of drug-likeness (QED) is 0.378. The fraction of sp³-hybridized carbons (Fsp3) is 0.526. The minimum atomic E-state index is -3.46. The molecule has 1 heterocycles. The van der Waals surface area contributed by atoms with E-state index in [4.69, 9.17) is 14.1 Å². The number of fused-ring (bicyclic) bond motifs is 1. The predicted molar refractivity (Wildman–Crippen MR) is 98.6 cm³/mol. The highest BCUT2D eigenvalue weighted by Gasteiger charge is 2.43. The number of esters is 2. The molecular weight excluding hydrogens is 389 g/mol. The van der Waals surface area contributed by atoms with Crippen molar-refractivity contribution in [1.29, 1.82) is 0 Å². The van der Waals surface area contributed by atoms with Crippen molar-refractivity contribution >= 4 is 24.8 Å². The molecule has 1 aliphatic rings. The maximum atomic E-state index is 13.5. The van der Waals surface area contributed by atoms with E-state index in [0.29, 0.717) is 12.0 Å². The van der Waals surface area contributed by atoms with Crippen molar-refractivity contribution in [2.45, 2.75) is 57.7 Å². The molecule has 0 saturated carbocycles. The lowest BCUT2D eigenvalue weighted by atomic mass is 9.64. The molecule has 0 bridgehead atoms. The van der Waals surface area contributed by atoms with Gasteiger partial charge in [0.25, 0.3) is 0 Å². The number of hydrogen-bond acceptors (Lipinski definition) is 7. The topological polar surface area (TPSA) is 99.1 Å². The third-order valence-electron chi connectivity index (χ3n) is 4.60. The summed E-state index contributed by atoms with van der Waals surface area (Å²) in [6.45, 7) is 2.45. The van der Waals surface area contributed by atoms with Gasteiger partial charge >= 0.3 is 25.0 Å². The van der Waals surface area contributed by atoms with E-state index in [2.05, 4.69) is 0 Å². The van der Waals surface area contributed by atoms with Gasteiger partial charge in [-0.25, -0.2) is 4.79 Å². The van der Waals surface area contributed by atoms with Gasteiger partial charge in [0, 0.05) is 25.1 Å². The van der Waals surface area contributed by atoms with E-state index in [9.17, 15) is 28.2 Å². The summed E-state index contributed by atoms with van der Waals surface area (Å²) in [5, 5.41) is 10.2. The molecule has 0 spiro atoms. The molecule has 0 radical (unpaired) electrons. The number of ketones is 1. The van der Waals surface area contributed by atoms with E-state index < -0.39 is 56.2 Å². The Labute approximate surface area is 167 Å². The molecule has 0 aromatic heterocycles. The predicted octanol–water partition coefficient (Wildman–Crippen LogP) is 2.93. The number of para-hydroxylation sites is 1. The summed E-state index contributed by atoms with van der Waals surface area (Å²) >= 11 is 0. The van der Waals surface area contributed by atoms with Crippen LogP contribution >= 0.6 is 0 Å². The van der Waals surface area contributed by atoms with Gasteiger partial charge in [-0.3, -0.25) is 9.59 Å². The second kappa shape index (κ2) is 9.82. The third-order valence-corrected chi connectivity index (χ3v) is 4.60. The Bertz CT molecular complexity index is 769. The van der Waals surface area contributed by atoms with Crippen molar-refractivity contribution in [3.63, 3.8) is 0 Å². The van der Waals surface area contributed by atoms with Gasteiger partial charge in [-0.1, -0.05) is 26.0 Å². The summed E-state index contributed by atoms with van der Waals surface area (Å²) in [7, 11) is -1.53. The van der Waals surface area contributed by atoms with Gasteiger partial charge in [-0.05, 0) is 24.5 Å². The molecule has 29 heavy (non-hydrogen) atoms. The molecule has 1 atom stereocenters. The Kier molecular flexibility index (Phi) is 7.72. The number of carbonyl (C=O) groups excluding carboxylic acids is 3. The molecule has 1 N–H and O–H groups in total. The van der Waals surface area contributed by atoms with E-state index in [1.54, 1.807) is 19.1 Å². The maximum absolute atomic E-state index is 13.5. The molecule has 0 saturated heterocycles. The molecule has 1 aromatic rings. The van der Waals surface area contributed by atoms with E-state index in [1.165, 1.54) is 13.0 Å². The summed E-state index contributed by atoms with van der Waals surface area (Å²) in [6, 6.07) is 4.55. The van der Waals surface area contributed by atoms with Crippen LogP contribution in [0.15, 0.2) is 18.2 Å². The first-order valence-electron chi connectivity index (χ1n) is 9.40. The summed E-state index contributed by atoms with van der Waals surface area (Å²) < 4.78 is 42.1. The third kappa shape index (κ3) is 5.75. The molecule has 1 aromatic carbocycles. The van der Waals surface area contributed by atoms with Crippen LogP contribution in [0, 0.1) is 0 Å². The lowest BCUT2D eigenvalue weighted by molar-refractivity contribution is -0.152. The highest BCUT2D eigenvalue weighted by molar-refractivity contribution is 6.47. The Morgan fingerprint density at radius 3 is 2.66 bits per heavy atom. The number of carbonyl (C=O) groups is 3. The molecule has 0 fully saturated rings. The summed E-state index contributed by atoms with van der Waals surface area (Å²) in [5.41, 5.74) is 0.474. The number of benzene rings is 1. The highest BCUT2D eigenvalue weighted by atomic mass is 19.3. The first-order valence-corrected chi connectivity index (χ1v) is 9.40. The number of hydrogen-bond donors (Lipinski definition) is 1. The fourth-order valence-electron chi connectivity index (χ4n) is 2.91. The minimum absolute atomic E-state index is 0.00300. The second-order valence-corrected chi connectivity index (χ2v) is 6.77. The molecule has 158 valence electrons. The fourth-order valence-corrected chi connectivity index (χ4v) is 2.91. The Morgan fingerprint density at radius 2 is 2.00 bits per heavy atom. The van der Waals surface area contributed by atoms with Crippen LogP contribution in [0.5, 0.6) is 5.75 Å². The molecule has 10 heteroatoms. The van der Waals surface area contributed by atoms with Crippen LogP contribution in [-0.4, -0.2) is 42.6 Å². The first kappa shape index (κ1) is 22.8. The standard InChI is InChI=1S/C19H23BF2O7/c1-3-6-16(24)27-11-28-18(25)14-8-5-7-12-9-13(20(26)29-17(12)14)10-15(23)19(21,22)4-2/h5,7-8,13,26H,3-4,6,9-11H2,1-2H3/t13-/m1/s1. The number of rotatable bonds is 9. The second-order valence-electron chi connectivity index (χ2n) is 6.77. The van der Waals surface area contributed by atoms with Crippen LogP contribution in [0.25, 0.3) is 0 Å². The van der Waals surface area contributed by atoms with Gasteiger partial charge < -0.3 is 19.2 Å². The lowest BCUT2D eigenvalue weighted by Gasteiger charge is -2.29. The van der Waals surface area contributed by atoms with Crippen molar-refractivity contribution in [3.8, 4) is 5.75 Å². The maximum Gasteiger partial charge on any atom is 0.526 e. The molecule has 0 amide bonds. The number of Topliss-reactive ketones (excluding diaryl/α,β-unsaturated/α-hetero) is 1. The van der Waals surface area contributed by atoms with Gasteiger partial charge in [-0.15, -0.1) is 0 Å². The largest absolute Gasteiger partial charge is 0.535 e. The summed E-state index contributed by atoms with van der Waals surface area (Å²) in [4.78, 5) is 35.3. The van der Waals surface area contributed by atoms with Crippen LogP contribution in [0.3, 0.4) is 0 Å². The van der Waals surface area contributed by atoms with Crippen LogP contribution in [0.4, 0.5) is 8.78 Å². The zero-order chi connectivity index (χ0) is 21.6. The Hall–Kier alpha value is -2.49. The van der Waals surface area contributed by atoms with Crippen LogP contribution in [0.2, 0.25) is 5.82 Å². The Balaban J connectivity index is 2.06. The first-order chi connectivity index (χ1) is 13.7. The normalized spacial score (nSPS) is 15.9. The van der Waals surface area contributed by atoms with Crippen LogP contribution in [0.1, 0.15) is 55.5 Å². The molecule has 7 nitrogen and oxygen atoms in total. The monoisotopic (exact) mass is 412 g/mol. The Morgan fingerprint density at radius 1 is 1.28 bits per heavy atom. The van der Waals surface area contributed by atoms with Gasteiger partial charge in [0.15, 0.2) is 0 Å². The molecule has 2 rings (SSSR count).